The molecule has 0 spiro atoms. The molecule has 1 heterocycles. The highest BCUT2D eigenvalue weighted by atomic mass is 16.1. The van der Waals surface area contributed by atoms with Crippen molar-refractivity contribution in [3.05, 3.63) is 40.6 Å². The number of rotatable bonds is 2. The zero-order valence-electron chi connectivity index (χ0n) is 10.9. The standard InChI is InChI=1S/C15H19N3O/c16-10-4-3-5-11(8-10)17-15-9-14(19)12-6-1-2-7-13(12)18-15/h1-2,6-7,9-11H,3-5,8,16H2,(H2,17,18,19)/t10-,11+/m1/s1. The van der Waals surface area contributed by atoms with E-state index in [2.05, 4.69) is 10.3 Å². The van der Waals surface area contributed by atoms with E-state index < -0.39 is 0 Å². The summed E-state index contributed by atoms with van der Waals surface area (Å²) in [6.07, 6.45) is 4.33. The number of hydrogen-bond donors (Lipinski definition) is 3. The molecular weight excluding hydrogens is 238 g/mol. The Morgan fingerprint density at radius 3 is 2.95 bits per heavy atom. The molecule has 0 radical (unpaired) electrons. The summed E-state index contributed by atoms with van der Waals surface area (Å²) in [5, 5.41) is 4.14. The predicted octanol–water partition coefficient (Wildman–Crippen LogP) is 2.21. The molecule has 3 rings (SSSR count). The Morgan fingerprint density at radius 2 is 2.11 bits per heavy atom. The third-order valence-electron chi connectivity index (χ3n) is 3.81. The van der Waals surface area contributed by atoms with Gasteiger partial charge in [-0.3, -0.25) is 4.79 Å². The molecule has 1 aliphatic carbocycles. The molecule has 4 N–H and O–H groups in total. The van der Waals surface area contributed by atoms with Gasteiger partial charge in [0.25, 0.3) is 0 Å². The minimum absolute atomic E-state index is 0.0527. The summed E-state index contributed by atoms with van der Waals surface area (Å²) in [5.41, 5.74) is 6.91. The van der Waals surface area contributed by atoms with Gasteiger partial charge in [0.2, 0.25) is 0 Å². The number of para-hydroxylation sites is 1. The molecule has 0 aliphatic heterocycles. The maximum Gasteiger partial charge on any atom is 0.191 e. The lowest BCUT2D eigenvalue weighted by molar-refractivity contribution is 0.409. The minimum atomic E-state index is 0.0527. The van der Waals surface area contributed by atoms with Crippen molar-refractivity contribution in [1.29, 1.82) is 0 Å². The second-order valence-corrected chi connectivity index (χ2v) is 5.36. The van der Waals surface area contributed by atoms with Crippen LogP contribution in [-0.2, 0) is 0 Å². The van der Waals surface area contributed by atoms with E-state index in [1.54, 1.807) is 6.07 Å². The predicted molar refractivity (Wildman–Crippen MR) is 78.4 cm³/mol. The molecular formula is C15H19N3O. The number of hydrogen-bond acceptors (Lipinski definition) is 3. The van der Waals surface area contributed by atoms with Gasteiger partial charge in [0.1, 0.15) is 5.82 Å². The SMILES string of the molecule is N[C@@H]1CCC[C@H](Nc2cc(=O)c3ccccc3[nH]2)C1. The second-order valence-electron chi connectivity index (χ2n) is 5.36. The molecule has 4 nitrogen and oxygen atoms in total. The van der Waals surface area contributed by atoms with E-state index in [-0.39, 0.29) is 11.5 Å². The van der Waals surface area contributed by atoms with E-state index in [0.717, 1.165) is 42.4 Å². The van der Waals surface area contributed by atoms with Gasteiger partial charge in [0.15, 0.2) is 5.43 Å². The normalized spacial score (nSPS) is 23.4. The largest absolute Gasteiger partial charge is 0.369 e. The van der Waals surface area contributed by atoms with Gasteiger partial charge in [-0.2, -0.15) is 0 Å². The zero-order valence-corrected chi connectivity index (χ0v) is 10.9. The van der Waals surface area contributed by atoms with Crippen molar-refractivity contribution in [2.45, 2.75) is 37.8 Å². The Hall–Kier alpha value is -1.81. The average molecular weight is 257 g/mol. The zero-order chi connectivity index (χ0) is 13.2. The molecule has 1 aliphatic rings. The van der Waals surface area contributed by atoms with Crippen molar-refractivity contribution in [3.8, 4) is 0 Å². The number of H-pyrrole nitrogens is 1. The average Bonchev–Trinajstić information content (AvgIpc) is 2.39. The van der Waals surface area contributed by atoms with Crippen molar-refractivity contribution in [1.82, 2.24) is 4.98 Å². The van der Waals surface area contributed by atoms with E-state index in [1.807, 2.05) is 24.3 Å². The Bertz CT molecular complexity index is 635. The number of aromatic nitrogens is 1. The van der Waals surface area contributed by atoms with Gasteiger partial charge in [0, 0.05) is 23.5 Å². The lowest BCUT2D eigenvalue weighted by Gasteiger charge is -2.28. The highest BCUT2D eigenvalue weighted by Gasteiger charge is 2.19. The maximum absolute atomic E-state index is 12.0. The first-order valence-electron chi connectivity index (χ1n) is 6.86. The molecule has 1 aromatic carbocycles. The highest BCUT2D eigenvalue weighted by molar-refractivity contribution is 5.79. The summed E-state index contributed by atoms with van der Waals surface area (Å²) in [4.78, 5) is 15.3. The first kappa shape index (κ1) is 12.2. The topological polar surface area (TPSA) is 70.9 Å². The number of fused-ring (bicyclic) bond motifs is 1. The van der Waals surface area contributed by atoms with E-state index in [1.165, 1.54) is 0 Å². The molecule has 2 atom stereocenters. The van der Waals surface area contributed by atoms with Crippen LogP contribution in [0.2, 0.25) is 0 Å². The van der Waals surface area contributed by atoms with Crippen molar-refractivity contribution >= 4 is 16.7 Å². The number of aromatic amines is 1. The van der Waals surface area contributed by atoms with Crippen LogP contribution in [0.15, 0.2) is 35.1 Å². The van der Waals surface area contributed by atoms with Crippen LogP contribution in [0.5, 0.6) is 0 Å². The quantitative estimate of drug-likeness (QED) is 0.772. The van der Waals surface area contributed by atoms with Gasteiger partial charge < -0.3 is 16.0 Å². The number of nitrogens with one attached hydrogen (secondary N) is 2. The van der Waals surface area contributed by atoms with E-state index in [4.69, 9.17) is 5.73 Å². The Kier molecular flexibility index (Phi) is 3.25. The molecule has 0 bridgehead atoms. The summed E-state index contributed by atoms with van der Waals surface area (Å²) < 4.78 is 0. The number of nitrogens with two attached hydrogens (primary N) is 1. The molecule has 0 unspecified atom stereocenters. The Balaban J connectivity index is 1.87. The van der Waals surface area contributed by atoms with Crippen LogP contribution in [0.3, 0.4) is 0 Å². The highest BCUT2D eigenvalue weighted by Crippen LogP contribution is 2.20. The number of pyridine rings is 1. The second kappa shape index (κ2) is 5.05. The van der Waals surface area contributed by atoms with Crippen LogP contribution in [0, 0.1) is 0 Å². The lowest BCUT2D eigenvalue weighted by Crippen LogP contribution is -2.35. The van der Waals surface area contributed by atoms with Crippen LogP contribution >= 0.6 is 0 Å². The third-order valence-corrected chi connectivity index (χ3v) is 3.81. The molecule has 1 aromatic heterocycles. The molecule has 2 aromatic rings. The van der Waals surface area contributed by atoms with E-state index in [0.29, 0.717) is 6.04 Å². The molecule has 0 amide bonds. The monoisotopic (exact) mass is 257 g/mol. The van der Waals surface area contributed by atoms with Gasteiger partial charge in [0.05, 0.1) is 5.52 Å². The summed E-state index contributed by atoms with van der Waals surface area (Å²) in [6.45, 7) is 0. The Labute approximate surface area is 112 Å². The first-order chi connectivity index (χ1) is 9.22. The molecule has 100 valence electrons. The fourth-order valence-electron chi connectivity index (χ4n) is 2.85. The van der Waals surface area contributed by atoms with Crippen LogP contribution in [-0.4, -0.2) is 17.1 Å². The fraction of sp³-hybridized carbons (Fsp3) is 0.400. The van der Waals surface area contributed by atoms with Crippen molar-refractivity contribution in [2.75, 3.05) is 5.32 Å². The lowest BCUT2D eigenvalue weighted by atomic mass is 9.91. The van der Waals surface area contributed by atoms with Gasteiger partial charge in [-0.15, -0.1) is 0 Å². The van der Waals surface area contributed by atoms with Gasteiger partial charge in [-0.05, 0) is 37.8 Å². The molecule has 0 saturated heterocycles. The van der Waals surface area contributed by atoms with Crippen LogP contribution in [0.25, 0.3) is 10.9 Å². The fourth-order valence-corrected chi connectivity index (χ4v) is 2.85. The molecule has 1 saturated carbocycles. The van der Waals surface area contributed by atoms with Crippen molar-refractivity contribution in [2.24, 2.45) is 5.73 Å². The van der Waals surface area contributed by atoms with Crippen molar-refractivity contribution < 1.29 is 0 Å². The van der Waals surface area contributed by atoms with E-state index in [9.17, 15) is 4.79 Å². The first-order valence-corrected chi connectivity index (χ1v) is 6.86. The summed E-state index contributed by atoms with van der Waals surface area (Å²) in [7, 11) is 0. The van der Waals surface area contributed by atoms with Crippen molar-refractivity contribution in [3.63, 3.8) is 0 Å². The summed E-state index contributed by atoms with van der Waals surface area (Å²) in [6, 6.07) is 9.86. The minimum Gasteiger partial charge on any atom is -0.369 e. The number of anilines is 1. The van der Waals surface area contributed by atoms with Crippen LogP contribution < -0.4 is 16.5 Å². The summed E-state index contributed by atoms with van der Waals surface area (Å²) in [5.74, 6) is 0.794. The number of benzene rings is 1. The van der Waals surface area contributed by atoms with Gasteiger partial charge in [-0.25, -0.2) is 0 Å². The molecule has 1 fully saturated rings. The maximum atomic E-state index is 12.0. The van der Waals surface area contributed by atoms with Crippen LogP contribution in [0.1, 0.15) is 25.7 Å². The third kappa shape index (κ3) is 2.63. The van der Waals surface area contributed by atoms with Gasteiger partial charge in [-0.1, -0.05) is 12.1 Å². The van der Waals surface area contributed by atoms with Gasteiger partial charge >= 0.3 is 0 Å². The Morgan fingerprint density at radius 1 is 1.26 bits per heavy atom. The van der Waals surface area contributed by atoms with Crippen LogP contribution in [0.4, 0.5) is 5.82 Å². The molecule has 19 heavy (non-hydrogen) atoms. The molecule has 4 heteroatoms. The summed E-state index contributed by atoms with van der Waals surface area (Å²) >= 11 is 0. The van der Waals surface area contributed by atoms with E-state index >= 15 is 0 Å². The smallest absolute Gasteiger partial charge is 0.191 e.